The molecule has 1 heterocycles. The SMILES string of the molecule is COCCNc1nccn1-c1cc(F)c(Br)cc1F. The fourth-order valence-electron chi connectivity index (χ4n) is 1.59. The Morgan fingerprint density at radius 3 is 2.89 bits per heavy atom. The monoisotopic (exact) mass is 331 g/mol. The van der Waals surface area contributed by atoms with Crippen LogP contribution in [0, 0.1) is 11.6 Å². The van der Waals surface area contributed by atoms with E-state index in [0.717, 1.165) is 12.1 Å². The molecule has 19 heavy (non-hydrogen) atoms. The highest BCUT2D eigenvalue weighted by Gasteiger charge is 2.12. The summed E-state index contributed by atoms with van der Waals surface area (Å²) < 4.78 is 33.8. The number of anilines is 1. The molecule has 102 valence electrons. The standard InChI is InChI=1S/C12H12BrF2N3O/c1-19-5-3-17-12-16-2-4-18(12)11-7-9(14)8(13)6-10(11)15/h2,4,6-7H,3,5H2,1H3,(H,16,17). The van der Waals surface area contributed by atoms with E-state index in [1.165, 1.54) is 10.8 Å². The lowest BCUT2D eigenvalue weighted by molar-refractivity contribution is 0.210. The molecule has 0 saturated heterocycles. The van der Waals surface area contributed by atoms with Crippen LogP contribution in [0.2, 0.25) is 0 Å². The molecule has 0 spiro atoms. The summed E-state index contributed by atoms with van der Waals surface area (Å²) in [6.07, 6.45) is 3.06. The normalized spacial score (nSPS) is 10.7. The van der Waals surface area contributed by atoms with Crippen molar-refractivity contribution in [2.45, 2.75) is 0 Å². The van der Waals surface area contributed by atoms with Crippen molar-refractivity contribution >= 4 is 21.9 Å². The van der Waals surface area contributed by atoms with Crippen LogP contribution in [0.1, 0.15) is 0 Å². The molecule has 1 aromatic carbocycles. The van der Waals surface area contributed by atoms with Crippen molar-refractivity contribution in [1.82, 2.24) is 9.55 Å². The number of benzene rings is 1. The van der Waals surface area contributed by atoms with Gasteiger partial charge >= 0.3 is 0 Å². The van der Waals surface area contributed by atoms with Gasteiger partial charge in [-0.05, 0) is 22.0 Å². The van der Waals surface area contributed by atoms with Gasteiger partial charge in [-0.3, -0.25) is 4.57 Å². The topological polar surface area (TPSA) is 39.1 Å². The van der Waals surface area contributed by atoms with E-state index in [9.17, 15) is 8.78 Å². The first-order valence-corrected chi connectivity index (χ1v) is 6.34. The Morgan fingerprint density at radius 1 is 1.37 bits per heavy atom. The predicted octanol–water partition coefficient (Wildman–Crippen LogP) is 2.97. The number of halogens is 3. The molecule has 1 aromatic heterocycles. The molecule has 0 bridgehead atoms. The molecule has 0 amide bonds. The van der Waals surface area contributed by atoms with E-state index in [4.69, 9.17) is 4.74 Å². The molecular weight excluding hydrogens is 320 g/mol. The summed E-state index contributed by atoms with van der Waals surface area (Å²) in [5, 5.41) is 2.98. The Hall–Kier alpha value is -1.47. The van der Waals surface area contributed by atoms with Gasteiger partial charge in [0.15, 0.2) is 0 Å². The zero-order valence-corrected chi connectivity index (χ0v) is 11.7. The highest BCUT2D eigenvalue weighted by Crippen LogP contribution is 2.24. The average molecular weight is 332 g/mol. The molecule has 0 saturated carbocycles. The van der Waals surface area contributed by atoms with Gasteiger partial charge in [0.05, 0.1) is 16.8 Å². The number of nitrogens with zero attached hydrogens (tertiary/aromatic N) is 2. The van der Waals surface area contributed by atoms with Crippen LogP contribution in [-0.2, 0) is 4.74 Å². The van der Waals surface area contributed by atoms with Gasteiger partial charge in [-0.1, -0.05) is 0 Å². The largest absolute Gasteiger partial charge is 0.383 e. The van der Waals surface area contributed by atoms with E-state index in [1.54, 1.807) is 13.3 Å². The molecule has 0 aliphatic carbocycles. The summed E-state index contributed by atoms with van der Waals surface area (Å²) in [5.74, 6) is -0.647. The van der Waals surface area contributed by atoms with E-state index in [0.29, 0.717) is 19.1 Å². The number of imidazole rings is 1. The number of hydrogen-bond donors (Lipinski definition) is 1. The summed E-state index contributed by atoms with van der Waals surface area (Å²) in [7, 11) is 1.58. The van der Waals surface area contributed by atoms with Crippen LogP contribution in [-0.4, -0.2) is 29.8 Å². The summed E-state index contributed by atoms with van der Waals surface area (Å²) in [4.78, 5) is 4.05. The molecule has 0 atom stereocenters. The van der Waals surface area contributed by atoms with Gasteiger partial charge in [-0.2, -0.15) is 0 Å². The smallest absolute Gasteiger partial charge is 0.207 e. The number of rotatable bonds is 5. The number of ether oxygens (including phenoxy) is 1. The van der Waals surface area contributed by atoms with Crippen LogP contribution in [0.4, 0.5) is 14.7 Å². The van der Waals surface area contributed by atoms with E-state index in [-0.39, 0.29) is 10.2 Å². The molecule has 0 radical (unpaired) electrons. The lowest BCUT2D eigenvalue weighted by atomic mass is 10.3. The zero-order valence-electron chi connectivity index (χ0n) is 10.2. The minimum absolute atomic E-state index is 0.0859. The number of aromatic nitrogens is 2. The first-order valence-electron chi connectivity index (χ1n) is 5.54. The highest BCUT2D eigenvalue weighted by atomic mass is 79.9. The van der Waals surface area contributed by atoms with Crippen LogP contribution in [0.5, 0.6) is 0 Å². The van der Waals surface area contributed by atoms with Crippen molar-refractivity contribution in [3.63, 3.8) is 0 Å². The quantitative estimate of drug-likeness (QED) is 0.676. The summed E-state index contributed by atoms with van der Waals surface area (Å²) in [5.41, 5.74) is 0.0955. The second-order valence-corrected chi connectivity index (χ2v) is 4.61. The third kappa shape index (κ3) is 3.10. The predicted molar refractivity (Wildman–Crippen MR) is 71.5 cm³/mol. The number of hydrogen-bond acceptors (Lipinski definition) is 3. The molecule has 0 aliphatic heterocycles. The van der Waals surface area contributed by atoms with Crippen molar-refractivity contribution in [2.24, 2.45) is 0 Å². The lowest BCUT2D eigenvalue weighted by Gasteiger charge is -2.11. The molecular formula is C12H12BrF2N3O. The Balaban J connectivity index is 2.32. The summed E-state index contributed by atoms with van der Waals surface area (Å²) >= 11 is 2.94. The van der Waals surface area contributed by atoms with E-state index in [1.807, 2.05) is 0 Å². The van der Waals surface area contributed by atoms with Crippen molar-refractivity contribution in [3.05, 3.63) is 40.6 Å². The molecule has 1 N–H and O–H groups in total. The molecule has 7 heteroatoms. The average Bonchev–Trinajstić information content (AvgIpc) is 2.82. The zero-order chi connectivity index (χ0) is 13.8. The van der Waals surface area contributed by atoms with Crippen LogP contribution < -0.4 is 5.32 Å². The van der Waals surface area contributed by atoms with Gasteiger partial charge in [0.1, 0.15) is 11.6 Å². The van der Waals surface area contributed by atoms with Crippen molar-refractivity contribution in [1.29, 1.82) is 0 Å². The fraction of sp³-hybridized carbons (Fsp3) is 0.250. The minimum atomic E-state index is -0.541. The Bertz CT molecular complexity index is 574. The molecule has 0 unspecified atom stereocenters. The second kappa shape index (κ2) is 6.12. The maximum Gasteiger partial charge on any atom is 0.207 e. The lowest BCUT2D eigenvalue weighted by Crippen LogP contribution is -2.12. The maximum absolute atomic E-state index is 13.9. The Morgan fingerprint density at radius 2 is 2.16 bits per heavy atom. The Kier molecular flexibility index (Phi) is 4.49. The first-order chi connectivity index (χ1) is 9.13. The summed E-state index contributed by atoms with van der Waals surface area (Å²) in [6.45, 7) is 1.01. The van der Waals surface area contributed by atoms with Gasteiger partial charge in [-0.15, -0.1) is 0 Å². The first kappa shape index (κ1) is 14.0. The maximum atomic E-state index is 13.9. The fourth-order valence-corrected chi connectivity index (χ4v) is 1.91. The second-order valence-electron chi connectivity index (χ2n) is 3.76. The molecule has 0 aliphatic rings. The molecule has 4 nitrogen and oxygen atoms in total. The van der Waals surface area contributed by atoms with Crippen molar-refractivity contribution in [2.75, 3.05) is 25.6 Å². The van der Waals surface area contributed by atoms with Gasteiger partial charge in [0.2, 0.25) is 5.95 Å². The van der Waals surface area contributed by atoms with Crippen LogP contribution in [0.3, 0.4) is 0 Å². The highest BCUT2D eigenvalue weighted by molar-refractivity contribution is 9.10. The van der Waals surface area contributed by atoms with E-state index >= 15 is 0 Å². The summed E-state index contributed by atoms with van der Waals surface area (Å²) in [6, 6.07) is 2.20. The third-order valence-corrected chi connectivity index (χ3v) is 3.09. The third-order valence-electron chi connectivity index (χ3n) is 2.48. The van der Waals surface area contributed by atoms with E-state index in [2.05, 4.69) is 26.2 Å². The Labute approximate surface area is 117 Å². The number of nitrogens with one attached hydrogen (secondary N) is 1. The van der Waals surface area contributed by atoms with Crippen LogP contribution >= 0.6 is 15.9 Å². The minimum Gasteiger partial charge on any atom is -0.383 e. The van der Waals surface area contributed by atoms with Gasteiger partial charge in [0, 0.05) is 32.1 Å². The van der Waals surface area contributed by atoms with Gasteiger partial charge in [-0.25, -0.2) is 13.8 Å². The molecule has 0 fully saturated rings. The molecule has 2 aromatic rings. The van der Waals surface area contributed by atoms with Gasteiger partial charge in [0.25, 0.3) is 0 Å². The van der Waals surface area contributed by atoms with E-state index < -0.39 is 11.6 Å². The van der Waals surface area contributed by atoms with Crippen LogP contribution in [0.15, 0.2) is 29.0 Å². The number of methoxy groups -OCH3 is 1. The van der Waals surface area contributed by atoms with Gasteiger partial charge < -0.3 is 10.1 Å². The molecule has 2 rings (SSSR count). The van der Waals surface area contributed by atoms with Crippen molar-refractivity contribution < 1.29 is 13.5 Å². The van der Waals surface area contributed by atoms with Crippen LogP contribution in [0.25, 0.3) is 5.69 Å². The van der Waals surface area contributed by atoms with Crippen molar-refractivity contribution in [3.8, 4) is 5.69 Å².